The maximum Gasteiger partial charge on any atom is 0.0613 e. The second-order valence-electron chi connectivity index (χ2n) is 3.78. The number of hydrogen-bond acceptors (Lipinski definition) is 2. The van der Waals surface area contributed by atoms with Crippen LogP contribution in [0.15, 0.2) is 36.0 Å². The van der Waals surface area contributed by atoms with Crippen molar-refractivity contribution >= 4 is 0 Å². The third kappa shape index (κ3) is 8.16. The molecule has 0 rings (SSSR count). The van der Waals surface area contributed by atoms with Gasteiger partial charge in [0.1, 0.15) is 0 Å². The summed E-state index contributed by atoms with van der Waals surface area (Å²) in [5.74, 6) is 0. The van der Waals surface area contributed by atoms with Crippen molar-refractivity contribution in [2.75, 3.05) is 20.3 Å². The molecule has 0 saturated heterocycles. The van der Waals surface area contributed by atoms with Crippen LogP contribution in [0.4, 0.5) is 0 Å². The second kappa shape index (κ2) is 8.45. The van der Waals surface area contributed by atoms with E-state index in [1.54, 1.807) is 7.11 Å². The lowest BCUT2D eigenvalue weighted by molar-refractivity contribution is 0.173. The molecule has 0 aliphatic carbocycles. The molecule has 0 aromatic heterocycles. The van der Waals surface area contributed by atoms with Gasteiger partial charge < -0.3 is 10.1 Å². The molecule has 1 N–H and O–H groups in total. The van der Waals surface area contributed by atoms with Gasteiger partial charge in [-0.2, -0.15) is 0 Å². The second-order valence-corrected chi connectivity index (χ2v) is 3.78. The first-order valence-corrected chi connectivity index (χ1v) is 5.31. The molecule has 0 amide bonds. The smallest absolute Gasteiger partial charge is 0.0613 e. The number of nitrogens with one attached hydrogen (secondary N) is 1. The summed E-state index contributed by atoms with van der Waals surface area (Å²) in [6.45, 7) is 11.6. The fourth-order valence-corrected chi connectivity index (χ4v) is 1.11. The number of allylic oxidation sites excluding steroid dienone is 3. The molecule has 0 bridgehead atoms. The average Bonchev–Trinajstić information content (AvgIpc) is 2.18. The maximum absolute atomic E-state index is 5.05. The highest BCUT2D eigenvalue weighted by Gasteiger charge is 1.99. The Labute approximate surface area is 93.7 Å². The molecular formula is C13H23NO. The van der Waals surface area contributed by atoms with Crippen molar-refractivity contribution in [2.45, 2.75) is 26.8 Å². The molecule has 1 atom stereocenters. The fourth-order valence-electron chi connectivity index (χ4n) is 1.11. The topological polar surface area (TPSA) is 21.3 Å². The Morgan fingerprint density at radius 1 is 1.47 bits per heavy atom. The van der Waals surface area contributed by atoms with Gasteiger partial charge in [0.15, 0.2) is 0 Å². The Bertz CT molecular complexity index is 241. The summed E-state index contributed by atoms with van der Waals surface area (Å²) in [4.78, 5) is 0. The van der Waals surface area contributed by atoms with Crippen LogP contribution in [0.5, 0.6) is 0 Å². The Hall–Kier alpha value is -0.860. The van der Waals surface area contributed by atoms with E-state index in [0.717, 1.165) is 18.7 Å². The SMILES string of the molecule is C=C(C)/C=C\C(=C/C)CN[C@H](C)COC. The minimum Gasteiger partial charge on any atom is -0.383 e. The van der Waals surface area contributed by atoms with E-state index < -0.39 is 0 Å². The summed E-state index contributed by atoms with van der Waals surface area (Å²) in [6.07, 6.45) is 6.22. The van der Waals surface area contributed by atoms with Gasteiger partial charge >= 0.3 is 0 Å². The normalized spacial score (nSPS) is 14.5. The number of methoxy groups -OCH3 is 1. The highest BCUT2D eigenvalue weighted by molar-refractivity contribution is 5.25. The molecule has 0 aliphatic rings. The zero-order valence-corrected chi connectivity index (χ0v) is 10.3. The molecule has 0 radical (unpaired) electrons. The van der Waals surface area contributed by atoms with E-state index in [9.17, 15) is 0 Å². The molecule has 0 aromatic rings. The average molecular weight is 209 g/mol. The Kier molecular flexibility index (Phi) is 7.96. The van der Waals surface area contributed by atoms with Crippen LogP contribution in [0.3, 0.4) is 0 Å². The first kappa shape index (κ1) is 14.1. The zero-order valence-electron chi connectivity index (χ0n) is 10.3. The molecule has 0 unspecified atom stereocenters. The zero-order chi connectivity index (χ0) is 11.7. The lowest BCUT2D eigenvalue weighted by Gasteiger charge is -2.12. The van der Waals surface area contributed by atoms with Gasteiger partial charge in [-0.25, -0.2) is 0 Å². The maximum atomic E-state index is 5.05. The monoisotopic (exact) mass is 209 g/mol. The first-order chi connectivity index (χ1) is 7.10. The van der Waals surface area contributed by atoms with Gasteiger partial charge in [-0.05, 0) is 26.3 Å². The Morgan fingerprint density at radius 3 is 2.60 bits per heavy atom. The van der Waals surface area contributed by atoms with Crippen LogP contribution in [0.25, 0.3) is 0 Å². The summed E-state index contributed by atoms with van der Waals surface area (Å²) < 4.78 is 5.05. The molecule has 86 valence electrons. The van der Waals surface area contributed by atoms with Gasteiger partial charge in [0.2, 0.25) is 0 Å². The van der Waals surface area contributed by atoms with Crippen molar-refractivity contribution in [3.63, 3.8) is 0 Å². The van der Waals surface area contributed by atoms with Crippen LogP contribution in [0.1, 0.15) is 20.8 Å². The van der Waals surface area contributed by atoms with E-state index in [1.807, 2.05) is 19.9 Å². The summed E-state index contributed by atoms with van der Waals surface area (Å²) >= 11 is 0. The lowest BCUT2D eigenvalue weighted by atomic mass is 10.2. The molecule has 0 aliphatic heterocycles. The van der Waals surface area contributed by atoms with Crippen molar-refractivity contribution in [1.82, 2.24) is 5.32 Å². The molecular weight excluding hydrogens is 186 g/mol. The van der Waals surface area contributed by atoms with Gasteiger partial charge in [0, 0.05) is 19.7 Å². The number of hydrogen-bond donors (Lipinski definition) is 1. The number of rotatable bonds is 7. The van der Waals surface area contributed by atoms with E-state index in [2.05, 4.69) is 31.0 Å². The first-order valence-electron chi connectivity index (χ1n) is 5.31. The van der Waals surface area contributed by atoms with E-state index in [4.69, 9.17) is 4.74 Å². The van der Waals surface area contributed by atoms with Gasteiger partial charge in [-0.15, -0.1) is 0 Å². The highest BCUT2D eigenvalue weighted by Crippen LogP contribution is 1.99. The van der Waals surface area contributed by atoms with Gasteiger partial charge in [-0.3, -0.25) is 0 Å². The quantitative estimate of drug-likeness (QED) is 0.651. The van der Waals surface area contributed by atoms with Crippen LogP contribution in [0.2, 0.25) is 0 Å². The van der Waals surface area contributed by atoms with E-state index in [0.29, 0.717) is 6.04 Å². The van der Waals surface area contributed by atoms with Gasteiger partial charge in [0.05, 0.1) is 6.61 Å². The largest absolute Gasteiger partial charge is 0.383 e. The van der Waals surface area contributed by atoms with Crippen LogP contribution in [0, 0.1) is 0 Å². The van der Waals surface area contributed by atoms with Crippen LogP contribution >= 0.6 is 0 Å². The predicted molar refractivity (Wildman–Crippen MR) is 67.1 cm³/mol. The van der Waals surface area contributed by atoms with E-state index >= 15 is 0 Å². The van der Waals surface area contributed by atoms with Gasteiger partial charge in [-0.1, -0.05) is 30.4 Å². The minimum absolute atomic E-state index is 0.378. The standard InChI is InChI=1S/C13H23NO/c1-6-13(8-7-11(2)3)9-14-12(4)10-15-5/h6-8,12,14H,2,9-10H2,1,3-5H3/b8-7-,13-6+/t12-/m1/s1. The van der Waals surface area contributed by atoms with Crippen molar-refractivity contribution < 1.29 is 4.74 Å². The third-order valence-electron chi connectivity index (χ3n) is 2.02. The molecule has 2 heteroatoms. The Balaban J connectivity index is 3.97. The van der Waals surface area contributed by atoms with Crippen LogP contribution in [-0.4, -0.2) is 26.3 Å². The van der Waals surface area contributed by atoms with Crippen molar-refractivity contribution in [1.29, 1.82) is 0 Å². The molecule has 15 heavy (non-hydrogen) atoms. The minimum atomic E-state index is 0.378. The lowest BCUT2D eigenvalue weighted by Crippen LogP contribution is -2.31. The number of ether oxygens (including phenoxy) is 1. The van der Waals surface area contributed by atoms with Crippen LogP contribution < -0.4 is 5.32 Å². The van der Waals surface area contributed by atoms with Crippen LogP contribution in [-0.2, 0) is 4.74 Å². The molecule has 0 spiro atoms. The predicted octanol–water partition coefficient (Wildman–Crippen LogP) is 2.69. The third-order valence-corrected chi connectivity index (χ3v) is 2.02. The summed E-state index contributed by atoms with van der Waals surface area (Å²) in [5.41, 5.74) is 2.33. The van der Waals surface area contributed by atoms with E-state index in [1.165, 1.54) is 5.57 Å². The summed E-state index contributed by atoms with van der Waals surface area (Å²) in [5, 5.41) is 3.38. The Morgan fingerprint density at radius 2 is 2.13 bits per heavy atom. The molecule has 0 heterocycles. The van der Waals surface area contributed by atoms with Crippen molar-refractivity contribution in [2.24, 2.45) is 0 Å². The summed E-state index contributed by atoms with van der Waals surface area (Å²) in [7, 11) is 1.72. The van der Waals surface area contributed by atoms with Crippen molar-refractivity contribution in [3.05, 3.63) is 36.0 Å². The molecule has 0 fully saturated rings. The summed E-state index contributed by atoms with van der Waals surface area (Å²) in [6, 6.07) is 0.378. The highest BCUT2D eigenvalue weighted by atomic mass is 16.5. The van der Waals surface area contributed by atoms with E-state index in [-0.39, 0.29) is 0 Å². The van der Waals surface area contributed by atoms with Crippen molar-refractivity contribution in [3.8, 4) is 0 Å². The van der Waals surface area contributed by atoms with Gasteiger partial charge in [0.25, 0.3) is 0 Å². The molecule has 2 nitrogen and oxygen atoms in total. The molecule has 0 aromatic carbocycles. The molecule has 0 saturated carbocycles. The fraction of sp³-hybridized carbons (Fsp3) is 0.538.